The van der Waals surface area contributed by atoms with Crippen LogP contribution in [-0.4, -0.2) is 0 Å². The molecule has 1 rings (SSSR count). The molecule has 12 heavy (non-hydrogen) atoms. The highest BCUT2D eigenvalue weighted by Gasteiger charge is 2.15. The van der Waals surface area contributed by atoms with Gasteiger partial charge < -0.3 is 0 Å². The summed E-state index contributed by atoms with van der Waals surface area (Å²) in [4.78, 5) is 0. The molecule has 0 saturated carbocycles. The third-order valence-corrected chi connectivity index (χ3v) is 3.95. The van der Waals surface area contributed by atoms with E-state index in [2.05, 4.69) is 31.9 Å². The van der Waals surface area contributed by atoms with Crippen molar-refractivity contribution in [3.8, 4) is 0 Å². The fraction of sp³-hybridized carbons (Fsp3) is 0.143. The van der Waals surface area contributed by atoms with Crippen LogP contribution < -0.4 is 0 Å². The zero-order valence-electron chi connectivity index (χ0n) is 5.62. The summed E-state index contributed by atoms with van der Waals surface area (Å²) in [5.74, 6) is 0. The highest BCUT2D eigenvalue weighted by molar-refractivity contribution is 9.13. The van der Waals surface area contributed by atoms with Crippen LogP contribution in [0.4, 0.5) is 8.78 Å². The summed E-state index contributed by atoms with van der Waals surface area (Å²) in [5, 5.41) is 0.0550. The van der Waals surface area contributed by atoms with Crippen molar-refractivity contribution in [2.24, 2.45) is 0 Å². The van der Waals surface area contributed by atoms with Crippen LogP contribution in [0.5, 0.6) is 0 Å². The summed E-state index contributed by atoms with van der Waals surface area (Å²) in [7, 11) is 0. The van der Waals surface area contributed by atoms with E-state index in [1.54, 1.807) is 0 Å². The van der Waals surface area contributed by atoms with E-state index < -0.39 is 6.43 Å². The summed E-state index contributed by atoms with van der Waals surface area (Å²) in [5.41, 5.74) is -0.160. The van der Waals surface area contributed by atoms with Crippen molar-refractivity contribution in [2.75, 3.05) is 0 Å². The molecular weight excluding hydrogens is 317 g/mol. The Morgan fingerprint density at radius 3 is 2.33 bits per heavy atom. The van der Waals surface area contributed by atoms with E-state index in [1.807, 2.05) is 0 Å². The Morgan fingerprint density at radius 1 is 1.25 bits per heavy atom. The third kappa shape index (κ3) is 1.98. The minimum atomic E-state index is -2.54. The van der Waals surface area contributed by atoms with Gasteiger partial charge in [-0.15, -0.1) is 0 Å². The predicted octanol–water partition coefficient (Wildman–Crippen LogP) is 4.80. The Bertz CT molecular complexity index is 302. The molecule has 0 spiro atoms. The molecule has 66 valence electrons. The van der Waals surface area contributed by atoms with Gasteiger partial charge in [0, 0.05) is 10.0 Å². The summed E-state index contributed by atoms with van der Waals surface area (Å²) < 4.78 is 25.6. The molecule has 0 aliphatic heterocycles. The van der Waals surface area contributed by atoms with Crippen LogP contribution in [0.25, 0.3) is 0 Å². The average molecular weight is 320 g/mol. The second-order valence-electron chi connectivity index (χ2n) is 2.07. The van der Waals surface area contributed by atoms with Crippen LogP contribution in [0.2, 0.25) is 5.02 Å². The molecule has 0 bridgehead atoms. The zero-order chi connectivity index (χ0) is 9.30. The zero-order valence-corrected chi connectivity index (χ0v) is 9.55. The first-order valence-electron chi connectivity index (χ1n) is 2.95. The lowest BCUT2D eigenvalue weighted by Gasteiger charge is -2.05. The number of benzene rings is 1. The SMILES string of the molecule is FC(F)c1ccc(Br)c(Br)c1Cl. The fourth-order valence-electron chi connectivity index (χ4n) is 0.709. The van der Waals surface area contributed by atoms with Crippen LogP contribution in [0, 0.1) is 0 Å². The Balaban J connectivity index is 3.27. The molecule has 0 aliphatic carbocycles. The maximum Gasteiger partial charge on any atom is 0.265 e. The van der Waals surface area contributed by atoms with Gasteiger partial charge in [0.05, 0.1) is 9.50 Å². The smallest absolute Gasteiger partial charge is 0.205 e. The molecule has 0 aromatic heterocycles. The van der Waals surface area contributed by atoms with E-state index in [9.17, 15) is 8.78 Å². The van der Waals surface area contributed by atoms with Gasteiger partial charge in [0.2, 0.25) is 0 Å². The van der Waals surface area contributed by atoms with Gasteiger partial charge in [-0.05, 0) is 37.9 Å². The van der Waals surface area contributed by atoms with E-state index in [0.717, 1.165) is 0 Å². The van der Waals surface area contributed by atoms with Crippen molar-refractivity contribution in [3.63, 3.8) is 0 Å². The Labute approximate surface area is 90.2 Å². The lowest BCUT2D eigenvalue weighted by atomic mass is 10.2. The Morgan fingerprint density at radius 2 is 1.83 bits per heavy atom. The highest BCUT2D eigenvalue weighted by Crippen LogP contribution is 2.37. The molecule has 0 saturated heterocycles. The van der Waals surface area contributed by atoms with Gasteiger partial charge in [0.15, 0.2) is 0 Å². The molecule has 1 aromatic rings. The van der Waals surface area contributed by atoms with E-state index >= 15 is 0 Å². The molecule has 0 fully saturated rings. The molecule has 1 aromatic carbocycles. The largest absolute Gasteiger partial charge is 0.265 e. The van der Waals surface area contributed by atoms with Gasteiger partial charge in [0.1, 0.15) is 0 Å². The molecule has 0 atom stereocenters. The monoisotopic (exact) mass is 318 g/mol. The number of rotatable bonds is 1. The van der Waals surface area contributed by atoms with Gasteiger partial charge in [-0.1, -0.05) is 17.7 Å². The number of halogens is 5. The Kier molecular flexibility index (Phi) is 3.49. The molecule has 0 unspecified atom stereocenters. The van der Waals surface area contributed by atoms with Gasteiger partial charge in [-0.25, -0.2) is 8.78 Å². The second-order valence-corrected chi connectivity index (χ2v) is 4.09. The number of hydrogen-bond donors (Lipinski definition) is 0. The van der Waals surface area contributed by atoms with Crippen molar-refractivity contribution >= 4 is 43.5 Å². The lowest BCUT2D eigenvalue weighted by molar-refractivity contribution is 0.151. The normalized spacial score (nSPS) is 10.8. The maximum absolute atomic E-state index is 12.2. The number of alkyl halides is 2. The lowest BCUT2D eigenvalue weighted by Crippen LogP contribution is -1.86. The number of hydrogen-bond acceptors (Lipinski definition) is 0. The summed E-state index contributed by atoms with van der Waals surface area (Å²) in [6.07, 6.45) is -2.54. The molecular formula is C7H3Br2ClF2. The first-order valence-corrected chi connectivity index (χ1v) is 4.92. The van der Waals surface area contributed by atoms with Crippen molar-refractivity contribution in [2.45, 2.75) is 6.43 Å². The first kappa shape index (κ1) is 10.4. The first-order chi connectivity index (χ1) is 5.54. The van der Waals surface area contributed by atoms with Crippen molar-refractivity contribution < 1.29 is 8.78 Å². The standard InChI is InChI=1S/C7H3Br2ClF2/c8-4-2-1-3(7(11)12)6(10)5(4)9/h1-2,7H. The van der Waals surface area contributed by atoms with Crippen LogP contribution in [0.3, 0.4) is 0 Å². The van der Waals surface area contributed by atoms with E-state index in [4.69, 9.17) is 11.6 Å². The maximum atomic E-state index is 12.2. The average Bonchev–Trinajstić information content (AvgIpc) is 2.00. The predicted molar refractivity (Wildman–Crippen MR) is 51.8 cm³/mol. The summed E-state index contributed by atoms with van der Waals surface area (Å²) in [6, 6.07) is 2.82. The second kappa shape index (κ2) is 4.03. The quantitative estimate of drug-likeness (QED) is 0.652. The highest BCUT2D eigenvalue weighted by atomic mass is 79.9. The summed E-state index contributed by atoms with van der Waals surface area (Å²) in [6.45, 7) is 0. The molecule has 0 amide bonds. The minimum Gasteiger partial charge on any atom is -0.205 e. The Hall–Kier alpha value is 0.330. The van der Waals surface area contributed by atoms with E-state index in [0.29, 0.717) is 8.95 Å². The van der Waals surface area contributed by atoms with Crippen LogP contribution >= 0.6 is 43.5 Å². The summed E-state index contributed by atoms with van der Waals surface area (Å²) >= 11 is 11.9. The molecule has 5 heteroatoms. The van der Waals surface area contributed by atoms with E-state index in [-0.39, 0.29) is 10.6 Å². The van der Waals surface area contributed by atoms with Gasteiger partial charge >= 0.3 is 0 Å². The van der Waals surface area contributed by atoms with E-state index in [1.165, 1.54) is 12.1 Å². The van der Waals surface area contributed by atoms with Crippen molar-refractivity contribution in [1.29, 1.82) is 0 Å². The minimum absolute atomic E-state index is 0.0550. The third-order valence-electron chi connectivity index (χ3n) is 1.30. The van der Waals surface area contributed by atoms with Crippen molar-refractivity contribution in [3.05, 3.63) is 31.7 Å². The van der Waals surface area contributed by atoms with Gasteiger partial charge in [0.25, 0.3) is 6.43 Å². The van der Waals surface area contributed by atoms with Crippen LogP contribution in [-0.2, 0) is 0 Å². The molecule has 0 radical (unpaired) electrons. The van der Waals surface area contributed by atoms with Gasteiger partial charge in [-0.3, -0.25) is 0 Å². The van der Waals surface area contributed by atoms with Crippen molar-refractivity contribution in [1.82, 2.24) is 0 Å². The topological polar surface area (TPSA) is 0 Å². The molecule has 0 nitrogen and oxygen atoms in total. The fourth-order valence-corrected chi connectivity index (χ4v) is 1.76. The van der Waals surface area contributed by atoms with Gasteiger partial charge in [-0.2, -0.15) is 0 Å². The van der Waals surface area contributed by atoms with Crippen LogP contribution in [0.15, 0.2) is 21.1 Å². The van der Waals surface area contributed by atoms with Crippen LogP contribution in [0.1, 0.15) is 12.0 Å². The molecule has 0 aliphatic rings. The molecule has 0 heterocycles. The molecule has 0 N–H and O–H groups in total.